The van der Waals surface area contributed by atoms with Crippen LogP contribution in [0.4, 0.5) is 5.82 Å². The minimum absolute atomic E-state index is 0.00728. The first-order valence-corrected chi connectivity index (χ1v) is 7.23. The van der Waals surface area contributed by atoms with Gasteiger partial charge in [-0.1, -0.05) is 18.2 Å². The number of nitrogens with two attached hydrogens (primary N) is 1. The van der Waals surface area contributed by atoms with Crippen LogP contribution in [0.2, 0.25) is 0 Å². The molecule has 0 aliphatic heterocycles. The molecule has 110 valence electrons. The first-order valence-electron chi connectivity index (χ1n) is 6.25. The van der Waals surface area contributed by atoms with Gasteiger partial charge in [0.1, 0.15) is 11.6 Å². The Kier molecular flexibility index (Phi) is 4.64. The van der Waals surface area contributed by atoms with Crippen molar-refractivity contribution >= 4 is 23.5 Å². The number of carbonyl (C=O) groups is 1. The van der Waals surface area contributed by atoms with Gasteiger partial charge >= 0.3 is 5.97 Å². The maximum absolute atomic E-state index is 11.8. The van der Waals surface area contributed by atoms with Crippen molar-refractivity contribution in [1.29, 1.82) is 0 Å². The monoisotopic (exact) mass is 305 g/mol. The molecule has 0 aliphatic rings. The molecule has 1 aromatic heterocycles. The SMILES string of the molecule is Cc1ccccc1SCc1nc(N)c(CC(=O)O)c(=O)[nH]1. The number of nitrogen functional groups attached to an aromatic ring is 1. The van der Waals surface area contributed by atoms with E-state index < -0.39 is 17.9 Å². The molecule has 1 aromatic carbocycles. The quantitative estimate of drug-likeness (QED) is 0.724. The summed E-state index contributed by atoms with van der Waals surface area (Å²) < 4.78 is 0. The highest BCUT2D eigenvalue weighted by atomic mass is 32.2. The van der Waals surface area contributed by atoms with E-state index in [-0.39, 0.29) is 11.4 Å². The van der Waals surface area contributed by atoms with Gasteiger partial charge < -0.3 is 15.8 Å². The Labute approximate surface area is 125 Å². The van der Waals surface area contributed by atoms with Gasteiger partial charge in [0.05, 0.1) is 17.7 Å². The number of aromatic nitrogens is 2. The molecule has 0 saturated heterocycles. The van der Waals surface area contributed by atoms with Crippen LogP contribution < -0.4 is 11.3 Å². The first kappa shape index (κ1) is 15.1. The molecule has 0 aliphatic carbocycles. The number of hydrogen-bond donors (Lipinski definition) is 3. The molecule has 0 radical (unpaired) electrons. The Morgan fingerprint density at radius 2 is 2.14 bits per heavy atom. The van der Waals surface area contributed by atoms with Gasteiger partial charge in [-0.25, -0.2) is 4.98 Å². The number of carboxylic acids is 1. The fraction of sp³-hybridized carbons (Fsp3) is 0.214. The zero-order valence-electron chi connectivity index (χ0n) is 11.4. The van der Waals surface area contributed by atoms with Crippen LogP contribution in [0.1, 0.15) is 17.0 Å². The predicted molar refractivity (Wildman–Crippen MR) is 81.3 cm³/mol. The molecule has 0 bridgehead atoms. The first-order chi connectivity index (χ1) is 9.97. The van der Waals surface area contributed by atoms with Gasteiger partial charge in [0, 0.05) is 4.90 Å². The normalized spacial score (nSPS) is 10.5. The minimum atomic E-state index is -1.11. The number of aromatic amines is 1. The Morgan fingerprint density at radius 1 is 1.43 bits per heavy atom. The Hall–Kier alpha value is -2.28. The molecular formula is C14H15N3O3S. The fourth-order valence-corrected chi connectivity index (χ4v) is 2.72. The number of benzene rings is 1. The Balaban J connectivity index is 2.17. The zero-order valence-corrected chi connectivity index (χ0v) is 12.2. The van der Waals surface area contributed by atoms with Gasteiger partial charge in [-0.15, -0.1) is 11.8 Å². The summed E-state index contributed by atoms with van der Waals surface area (Å²) in [4.78, 5) is 30.2. The van der Waals surface area contributed by atoms with E-state index in [4.69, 9.17) is 10.8 Å². The van der Waals surface area contributed by atoms with Crippen LogP contribution >= 0.6 is 11.8 Å². The second-order valence-corrected chi connectivity index (χ2v) is 5.52. The molecular weight excluding hydrogens is 290 g/mol. The molecule has 6 nitrogen and oxygen atoms in total. The highest BCUT2D eigenvalue weighted by Gasteiger charge is 2.12. The number of nitrogens with zero attached hydrogens (tertiary/aromatic N) is 1. The molecule has 2 aromatic rings. The molecule has 0 spiro atoms. The molecule has 0 amide bonds. The summed E-state index contributed by atoms with van der Waals surface area (Å²) in [7, 11) is 0. The lowest BCUT2D eigenvalue weighted by Gasteiger charge is -2.07. The largest absolute Gasteiger partial charge is 0.481 e. The number of rotatable bonds is 5. The van der Waals surface area contributed by atoms with Crippen molar-refractivity contribution in [2.24, 2.45) is 0 Å². The van der Waals surface area contributed by atoms with Crippen LogP contribution in [-0.4, -0.2) is 21.0 Å². The van der Waals surface area contributed by atoms with Crippen LogP contribution in [0.25, 0.3) is 0 Å². The lowest BCUT2D eigenvalue weighted by molar-refractivity contribution is -0.136. The maximum atomic E-state index is 11.8. The smallest absolute Gasteiger partial charge is 0.308 e. The summed E-state index contributed by atoms with van der Waals surface area (Å²) in [5.74, 6) is -0.255. The van der Waals surface area contributed by atoms with Gasteiger partial charge in [0.15, 0.2) is 0 Å². The number of aryl methyl sites for hydroxylation is 1. The van der Waals surface area contributed by atoms with Crippen LogP contribution in [0, 0.1) is 6.92 Å². The van der Waals surface area contributed by atoms with E-state index in [2.05, 4.69) is 9.97 Å². The highest BCUT2D eigenvalue weighted by Crippen LogP contribution is 2.24. The number of thioether (sulfide) groups is 1. The van der Waals surface area contributed by atoms with Crippen LogP contribution in [0.15, 0.2) is 34.0 Å². The van der Waals surface area contributed by atoms with Gasteiger partial charge in [-0.3, -0.25) is 9.59 Å². The Morgan fingerprint density at radius 3 is 2.76 bits per heavy atom. The topological polar surface area (TPSA) is 109 Å². The number of hydrogen-bond acceptors (Lipinski definition) is 5. The lowest BCUT2D eigenvalue weighted by atomic mass is 10.2. The number of nitrogens with one attached hydrogen (secondary N) is 1. The average molecular weight is 305 g/mol. The predicted octanol–water partition coefficient (Wildman–Crippen LogP) is 1.58. The molecule has 0 atom stereocenters. The van der Waals surface area contributed by atoms with E-state index >= 15 is 0 Å². The molecule has 2 rings (SSSR count). The third-order valence-electron chi connectivity index (χ3n) is 2.88. The number of anilines is 1. The summed E-state index contributed by atoms with van der Waals surface area (Å²) in [6.07, 6.45) is -0.431. The number of H-pyrrole nitrogens is 1. The second kappa shape index (κ2) is 6.45. The van der Waals surface area contributed by atoms with Gasteiger partial charge in [0.2, 0.25) is 0 Å². The van der Waals surface area contributed by atoms with E-state index in [9.17, 15) is 9.59 Å². The van der Waals surface area contributed by atoms with Crippen molar-refractivity contribution in [3.05, 3.63) is 51.6 Å². The number of aliphatic carboxylic acids is 1. The van der Waals surface area contributed by atoms with Crippen molar-refractivity contribution < 1.29 is 9.90 Å². The molecule has 7 heteroatoms. The Bertz CT molecular complexity index is 728. The van der Waals surface area contributed by atoms with E-state index in [1.54, 1.807) is 0 Å². The zero-order chi connectivity index (χ0) is 15.4. The summed E-state index contributed by atoms with van der Waals surface area (Å²) >= 11 is 1.53. The van der Waals surface area contributed by atoms with Gasteiger partial charge in [-0.2, -0.15) is 0 Å². The third-order valence-corrected chi connectivity index (χ3v) is 4.07. The van der Waals surface area contributed by atoms with Crippen molar-refractivity contribution in [1.82, 2.24) is 9.97 Å². The fourth-order valence-electron chi connectivity index (χ4n) is 1.82. The average Bonchev–Trinajstić information content (AvgIpc) is 2.42. The summed E-state index contributed by atoms with van der Waals surface area (Å²) in [5.41, 5.74) is 6.30. The van der Waals surface area contributed by atoms with Crippen LogP contribution in [-0.2, 0) is 17.0 Å². The summed E-state index contributed by atoms with van der Waals surface area (Å²) in [5, 5.41) is 8.73. The molecule has 0 saturated carbocycles. The molecule has 0 unspecified atom stereocenters. The van der Waals surface area contributed by atoms with Gasteiger partial charge in [0.25, 0.3) is 5.56 Å². The van der Waals surface area contributed by atoms with E-state index in [1.165, 1.54) is 11.8 Å². The van der Waals surface area contributed by atoms with Crippen molar-refractivity contribution in [3.8, 4) is 0 Å². The molecule has 0 fully saturated rings. The second-order valence-electron chi connectivity index (χ2n) is 4.50. The standard InChI is InChI=1S/C14H15N3O3S/c1-8-4-2-3-5-10(8)21-7-11-16-13(15)9(6-12(18)19)14(20)17-11/h2-5H,6-7H2,1H3,(H,18,19)(H3,15,16,17,20). The van der Waals surface area contributed by atoms with Crippen LogP contribution in [0.5, 0.6) is 0 Å². The lowest BCUT2D eigenvalue weighted by Crippen LogP contribution is -2.22. The third kappa shape index (κ3) is 3.85. The molecule has 4 N–H and O–H groups in total. The summed E-state index contributed by atoms with van der Waals surface area (Å²) in [6, 6.07) is 7.89. The van der Waals surface area contributed by atoms with Crippen molar-refractivity contribution in [3.63, 3.8) is 0 Å². The van der Waals surface area contributed by atoms with Gasteiger partial charge in [-0.05, 0) is 18.6 Å². The van der Waals surface area contributed by atoms with Crippen molar-refractivity contribution in [2.75, 3.05) is 5.73 Å². The van der Waals surface area contributed by atoms with E-state index in [0.717, 1.165) is 10.5 Å². The number of carboxylic acid groups (broad SMARTS) is 1. The minimum Gasteiger partial charge on any atom is -0.481 e. The van der Waals surface area contributed by atoms with Crippen LogP contribution in [0.3, 0.4) is 0 Å². The molecule has 1 heterocycles. The summed E-state index contributed by atoms with van der Waals surface area (Å²) in [6.45, 7) is 2.00. The maximum Gasteiger partial charge on any atom is 0.308 e. The van der Waals surface area contributed by atoms with E-state index in [1.807, 2.05) is 31.2 Å². The highest BCUT2D eigenvalue weighted by molar-refractivity contribution is 7.98. The van der Waals surface area contributed by atoms with Crippen molar-refractivity contribution in [2.45, 2.75) is 24.0 Å². The van der Waals surface area contributed by atoms with E-state index in [0.29, 0.717) is 11.6 Å². The molecule has 21 heavy (non-hydrogen) atoms.